The molecule has 0 saturated carbocycles. The fraction of sp³-hybridized carbons (Fsp3) is 0.243. The van der Waals surface area contributed by atoms with Crippen LogP contribution in [-0.4, -0.2) is 71.8 Å². The highest BCUT2D eigenvalue weighted by Crippen LogP contribution is 2.51. The molecule has 6 aromatic rings. The van der Waals surface area contributed by atoms with E-state index in [1.165, 1.54) is 58.9 Å². The van der Waals surface area contributed by atoms with Crippen LogP contribution in [0.4, 0.5) is 0 Å². The lowest BCUT2D eigenvalue weighted by Gasteiger charge is -2.48. The number of sulfonamides is 1. The van der Waals surface area contributed by atoms with E-state index in [1.54, 1.807) is 48.5 Å². The fourth-order valence-corrected chi connectivity index (χ4v) is 8.91. The lowest BCUT2D eigenvalue weighted by atomic mass is 9.73. The molecule has 0 bridgehead atoms. The normalized spacial score (nSPS) is 15.3. The van der Waals surface area contributed by atoms with Gasteiger partial charge in [0, 0.05) is 67.4 Å². The maximum atomic E-state index is 13.7. The average molecular weight is 900 g/mol. The first-order valence-electron chi connectivity index (χ1n) is 16.8. The summed E-state index contributed by atoms with van der Waals surface area (Å²) in [5, 5.41) is 41.1. The van der Waals surface area contributed by atoms with Crippen molar-refractivity contribution in [2.45, 2.75) is 36.4 Å². The highest BCUT2D eigenvalue weighted by molar-refractivity contribution is 7.88. The molecule has 56 heavy (non-hydrogen) atoms. The van der Waals surface area contributed by atoms with Gasteiger partial charge in [-0.15, -0.1) is 0 Å². The first-order valence-corrected chi connectivity index (χ1v) is 20.9. The van der Waals surface area contributed by atoms with Crippen LogP contribution >= 0.6 is 69.6 Å². The Balaban J connectivity index is 1.61. The van der Waals surface area contributed by atoms with E-state index >= 15 is 0 Å². The minimum Gasteiger partial charge on any atom is -0.381 e. The molecule has 6 rings (SSSR count). The lowest BCUT2D eigenvalue weighted by Crippen LogP contribution is -2.57. The predicted octanol–water partition coefficient (Wildman–Crippen LogP) is 7.60. The lowest BCUT2D eigenvalue weighted by molar-refractivity contribution is -0.117. The number of nitrogens with one attached hydrogen (secondary N) is 1. The third kappa shape index (κ3) is 9.52. The Labute approximate surface area is 353 Å². The van der Waals surface area contributed by atoms with Gasteiger partial charge < -0.3 is 15.5 Å². The van der Waals surface area contributed by atoms with Crippen LogP contribution < -0.4 is 5.32 Å². The van der Waals surface area contributed by atoms with Gasteiger partial charge in [0.05, 0.1) is 6.26 Å². The molecular weight excluding hydrogens is 865 g/mol. The quantitative estimate of drug-likeness (QED) is 0.0893. The number of hydrogen-bond donors (Lipinski definition) is 3. The predicted molar refractivity (Wildman–Crippen MR) is 219 cm³/mol. The summed E-state index contributed by atoms with van der Waals surface area (Å²) in [4.78, 5) is 8.39. The van der Waals surface area contributed by atoms with Gasteiger partial charge in [-0.3, -0.25) is 0 Å². The molecule has 2 heterocycles. The Morgan fingerprint density at radius 2 is 1.12 bits per heavy atom. The minimum atomic E-state index is -4.09. The molecule has 0 spiro atoms. The van der Waals surface area contributed by atoms with Gasteiger partial charge in [-0.05, 0) is 59.7 Å². The first-order chi connectivity index (χ1) is 26.6. The topological polar surface area (TPSA) is 151 Å². The SMILES string of the molecule is CS(=O)(=O)N(Cc1ccc(Cl)cc1)CC(O)(c1ccc(Cl)cc1Cl)C(C(n1cncn1)C(O)(CNCc1ccc(Cl)cc1)c1ccc(Cl)cc1Cl)n1cncn1. The van der Waals surface area contributed by atoms with Gasteiger partial charge in [0.2, 0.25) is 10.0 Å². The van der Waals surface area contributed by atoms with Gasteiger partial charge in [-0.1, -0.05) is 106 Å². The summed E-state index contributed by atoms with van der Waals surface area (Å²) in [7, 11) is -4.09. The van der Waals surface area contributed by atoms with Crippen molar-refractivity contribution < 1.29 is 18.6 Å². The third-order valence-corrected chi connectivity index (χ3v) is 12.1. The van der Waals surface area contributed by atoms with E-state index in [1.807, 2.05) is 12.1 Å². The summed E-state index contributed by atoms with van der Waals surface area (Å²) in [6.07, 6.45) is 6.21. The number of rotatable bonds is 16. The second-order valence-electron chi connectivity index (χ2n) is 13.1. The van der Waals surface area contributed by atoms with Crippen molar-refractivity contribution in [3.63, 3.8) is 0 Å². The van der Waals surface area contributed by atoms with Crippen molar-refractivity contribution in [1.29, 1.82) is 0 Å². The molecule has 0 aliphatic heterocycles. The van der Waals surface area contributed by atoms with E-state index < -0.39 is 39.9 Å². The van der Waals surface area contributed by atoms with E-state index in [0.29, 0.717) is 20.6 Å². The zero-order valence-electron chi connectivity index (χ0n) is 29.4. The summed E-state index contributed by atoms with van der Waals surface area (Å²) < 4.78 is 31.2. The largest absolute Gasteiger partial charge is 0.381 e. The summed E-state index contributed by atoms with van der Waals surface area (Å²) in [6, 6.07) is 19.9. The van der Waals surface area contributed by atoms with Crippen LogP contribution in [0.25, 0.3) is 0 Å². The monoisotopic (exact) mass is 896 g/mol. The summed E-state index contributed by atoms with van der Waals surface area (Å²) >= 11 is 38.9. The molecule has 0 radical (unpaired) electrons. The Morgan fingerprint density at radius 1 is 0.679 bits per heavy atom. The van der Waals surface area contributed by atoms with Crippen LogP contribution in [0.15, 0.2) is 110 Å². The van der Waals surface area contributed by atoms with Crippen LogP contribution in [0, 0.1) is 0 Å². The molecule has 0 amide bonds. The molecule has 0 aliphatic rings. The minimum absolute atomic E-state index is 0.00340. The van der Waals surface area contributed by atoms with Crippen molar-refractivity contribution in [2.75, 3.05) is 19.3 Å². The van der Waals surface area contributed by atoms with Crippen LogP contribution in [0.5, 0.6) is 0 Å². The fourth-order valence-electron chi connectivity index (χ4n) is 6.70. The standard InChI is InChI=1S/C37H34Cl6N8O4S/c1-56(54,55)49(17-25-4-8-27(39)9-5-25)19-37(53,31-13-11-29(41)15-33(31)43)35(51-23-46-21-48-51)34(50-22-45-20-47-50)36(52,30-12-10-28(40)14-32(30)42)18-44-16-24-2-6-26(38)7-3-24/h2-15,20-23,34-35,44,52-53H,16-19H2,1H3. The average Bonchev–Trinajstić information content (AvgIpc) is 3.87. The van der Waals surface area contributed by atoms with Gasteiger partial charge in [0.25, 0.3) is 0 Å². The number of halogens is 6. The number of benzene rings is 4. The third-order valence-electron chi connectivity index (χ3n) is 9.31. The molecule has 4 aromatic carbocycles. The molecule has 4 atom stereocenters. The number of nitrogens with zero attached hydrogens (tertiary/aromatic N) is 7. The second-order valence-corrected chi connectivity index (χ2v) is 17.7. The van der Waals surface area contributed by atoms with E-state index in [0.717, 1.165) is 16.1 Å². The van der Waals surface area contributed by atoms with Gasteiger partial charge in [0.15, 0.2) is 0 Å². The van der Waals surface area contributed by atoms with Crippen LogP contribution in [0.2, 0.25) is 30.1 Å². The maximum absolute atomic E-state index is 13.7. The number of aliphatic hydroxyl groups is 2. The second kappa shape index (κ2) is 17.7. The van der Waals surface area contributed by atoms with Crippen molar-refractivity contribution in [1.82, 2.24) is 39.2 Å². The number of aromatic nitrogens is 6. The van der Waals surface area contributed by atoms with Crippen LogP contribution in [0.1, 0.15) is 34.3 Å². The van der Waals surface area contributed by atoms with Crippen molar-refractivity contribution >= 4 is 79.6 Å². The first kappa shape index (κ1) is 42.3. The summed E-state index contributed by atoms with van der Waals surface area (Å²) in [6.45, 7) is -0.775. The molecule has 2 aromatic heterocycles. The van der Waals surface area contributed by atoms with Crippen LogP contribution in [-0.2, 0) is 34.3 Å². The highest BCUT2D eigenvalue weighted by Gasteiger charge is 2.56. The van der Waals surface area contributed by atoms with E-state index in [4.69, 9.17) is 69.6 Å². The van der Waals surface area contributed by atoms with Gasteiger partial charge in [0.1, 0.15) is 48.6 Å². The van der Waals surface area contributed by atoms with Crippen molar-refractivity contribution in [3.05, 3.63) is 163 Å². The summed E-state index contributed by atoms with van der Waals surface area (Å²) in [5.41, 5.74) is -2.84. The van der Waals surface area contributed by atoms with Gasteiger partial charge >= 0.3 is 0 Å². The molecule has 294 valence electrons. The van der Waals surface area contributed by atoms with Crippen molar-refractivity contribution in [2.24, 2.45) is 0 Å². The Bertz CT molecular complexity index is 2360. The molecule has 0 aliphatic carbocycles. The van der Waals surface area contributed by atoms with E-state index in [-0.39, 0.29) is 45.8 Å². The molecule has 19 heteroatoms. The number of hydrogen-bond acceptors (Lipinski definition) is 9. The zero-order chi connectivity index (χ0) is 40.3. The Kier molecular flexibility index (Phi) is 13.3. The molecule has 0 fully saturated rings. The molecule has 0 saturated heterocycles. The maximum Gasteiger partial charge on any atom is 0.211 e. The summed E-state index contributed by atoms with van der Waals surface area (Å²) in [5.74, 6) is 0. The Hall–Kier alpha value is -3.31. The molecule has 12 nitrogen and oxygen atoms in total. The highest BCUT2D eigenvalue weighted by atomic mass is 35.5. The Morgan fingerprint density at radius 3 is 1.57 bits per heavy atom. The zero-order valence-corrected chi connectivity index (χ0v) is 34.7. The molecule has 4 unspecified atom stereocenters. The molecule has 3 N–H and O–H groups in total. The smallest absolute Gasteiger partial charge is 0.211 e. The van der Waals surface area contributed by atoms with Gasteiger partial charge in [-0.2, -0.15) is 14.5 Å². The van der Waals surface area contributed by atoms with E-state index in [2.05, 4.69) is 25.5 Å². The van der Waals surface area contributed by atoms with Crippen LogP contribution in [0.3, 0.4) is 0 Å². The van der Waals surface area contributed by atoms with Crippen molar-refractivity contribution in [3.8, 4) is 0 Å². The van der Waals surface area contributed by atoms with Gasteiger partial charge in [-0.25, -0.2) is 27.7 Å². The molecular formula is C37H34Cl6N8O4S. The van der Waals surface area contributed by atoms with E-state index in [9.17, 15) is 18.6 Å².